The Kier molecular flexibility index (Phi) is 2.89. The summed E-state index contributed by atoms with van der Waals surface area (Å²) in [5, 5.41) is 9.61. The van der Waals surface area contributed by atoms with Gasteiger partial charge in [-0.15, -0.1) is 0 Å². The summed E-state index contributed by atoms with van der Waals surface area (Å²) in [7, 11) is 0. The monoisotopic (exact) mass is 244 g/mol. The second-order valence-corrected chi connectivity index (χ2v) is 5.95. The third-order valence-electron chi connectivity index (χ3n) is 4.86. The lowest BCUT2D eigenvalue weighted by atomic mass is 9.63. The summed E-state index contributed by atoms with van der Waals surface area (Å²) in [5.41, 5.74) is 2.37. The van der Waals surface area contributed by atoms with Crippen LogP contribution < -0.4 is 0 Å². The molecule has 1 N–H and O–H groups in total. The van der Waals surface area contributed by atoms with Crippen LogP contribution in [0.4, 0.5) is 0 Å². The fourth-order valence-electron chi connectivity index (χ4n) is 3.75. The topological polar surface area (TPSA) is 37.3 Å². The maximum absolute atomic E-state index is 11.7. The Bertz CT molecular complexity index is 458. The average Bonchev–Trinajstić information content (AvgIpc) is 2.37. The van der Waals surface area contributed by atoms with Crippen molar-refractivity contribution >= 4 is 5.97 Å². The number of carbonyl (C=O) groups is 1. The largest absolute Gasteiger partial charge is 0.481 e. The number of hydrogen-bond donors (Lipinski definition) is 1. The maximum Gasteiger partial charge on any atom is 0.309 e. The summed E-state index contributed by atoms with van der Waals surface area (Å²) < 4.78 is 0. The first-order valence-corrected chi connectivity index (χ1v) is 7.02. The van der Waals surface area contributed by atoms with E-state index in [4.69, 9.17) is 0 Å². The number of rotatable bonds is 3. The third-order valence-corrected chi connectivity index (χ3v) is 4.86. The molecular formula is C16H20O2. The zero-order valence-electron chi connectivity index (χ0n) is 10.7. The van der Waals surface area contributed by atoms with Gasteiger partial charge in [0.05, 0.1) is 5.41 Å². The molecule has 3 rings (SSSR count). The second-order valence-electron chi connectivity index (χ2n) is 5.95. The molecule has 0 heterocycles. The van der Waals surface area contributed by atoms with Crippen molar-refractivity contribution in [3.63, 3.8) is 0 Å². The van der Waals surface area contributed by atoms with Crippen LogP contribution in [0, 0.1) is 5.41 Å². The number of benzene rings is 1. The second kappa shape index (κ2) is 4.42. The van der Waals surface area contributed by atoms with Gasteiger partial charge in [-0.1, -0.05) is 43.5 Å². The molecule has 0 spiro atoms. The molecule has 1 unspecified atom stereocenters. The zero-order valence-corrected chi connectivity index (χ0v) is 10.7. The third kappa shape index (κ3) is 1.84. The van der Waals surface area contributed by atoms with E-state index in [1.54, 1.807) is 0 Å². The minimum atomic E-state index is -0.563. The number of hydrogen-bond acceptors (Lipinski definition) is 1. The number of carboxylic acids is 1. The summed E-state index contributed by atoms with van der Waals surface area (Å²) in [5.74, 6) is -0.0815. The van der Waals surface area contributed by atoms with E-state index < -0.39 is 11.4 Å². The van der Waals surface area contributed by atoms with Crippen molar-refractivity contribution in [2.75, 3.05) is 0 Å². The Labute approximate surface area is 108 Å². The molecule has 0 aliphatic heterocycles. The van der Waals surface area contributed by atoms with E-state index in [-0.39, 0.29) is 0 Å². The lowest BCUT2D eigenvalue weighted by Crippen LogP contribution is -2.37. The molecule has 2 nitrogen and oxygen atoms in total. The summed E-state index contributed by atoms with van der Waals surface area (Å²) in [6.45, 7) is 0. The van der Waals surface area contributed by atoms with Gasteiger partial charge in [-0.25, -0.2) is 0 Å². The summed E-state index contributed by atoms with van der Waals surface area (Å²) in [6, 6.07) is 8.48. The van der Waals surface area contributed by atoms with E-state index in [0.29, 0.717) is 5.92 Å². The molecule has 1 fully saturated rings. The normalized spacial score (nSPS) is 25.0. The lowest BCUT2D eigenvalue weighted by Gasteiger charge is -2.40. The molecule has 18 heavy (non-hydrogen) atoms. The Hall–Kier alpha value is -1.31. The van der Waals surface area contributed by atoms with Crippen molar-refractivity contribution in [1.29, 1.82) is 0 Å². The smallest absolute Gasteiger partial charge is 0.309 e. The van der Waals surface area contributed by atoms with Crippen LogP contribution in [0.1, 0.15) is 55.6 Å². The van der Waals surface area contributed by atoms with Crippen LogP contribution in [-0.2, 0) is 11.2 Å². The average molecular weight is 244 g/mol. The van der Waals surface area contributed by atoms with Crippen molar-refractivity contribution in [3.05, 3.63) is 35.4 Å². The van der Waals surface area contributed by atoms with Crippen LogP contribution in [0.5, 0.6) is 0 Å². The number of carboxylic acid groups (broad SMARTS) is 1. The van der Waals surface area contributed by atoms with E-state index in [9.17, 15) is 9.90 Å². The van der Waals surface area contributed by atoms with Gasteiger partial charge < -0.3 is 5.11 Å². The van der Waals surface area contributed by atoms with Crippen LogP contribution >= 0.6 is 0 Å². The van der Waals surface area contributed by atoms with Crippen LogP contribution in [0.2, 0.25) is 0 Å². The first kappa shape index (κ1) is 11.8. The van der Waals surface area contributed by atoms with E-state index >= 15 is 0 Å². The van der Waals surface area contributed by atoms with Crippen molar-refractivity contribution in [2.45, 2.75) is 50.9 Å². The van der Waals surface area contributed by atoms with Crippen molar-refractivity contribution in [1.82, 2.24) is 0 Å². The molecule has 2 aliphatic carbocycles. The molecule has 0 bridgehead atoms. The Morgan fingerprint density at radius 2 is 1.94 bits per heavy atom. The van der Waals surface area contributed by atoms with Gasteiger partial charge in [-0.2, -0.15) is 0 Å². The van der Waals surface area contributed by atoms with E-state index in [1.165, 1.54) is 17.5 Å². The van der Waals surface area contributed by atoms with Gasteiger partial charge in [0.25, 0.3) is 0 Å². The summed E-state index contributed by atoms with van der Waals surface area (Å²) in [6.07, 6.45) is 7.05. The minimum Gasteiger partial charge on any atom is -0.481 e. The molecule has 1 atom stereocenters. The predicted octanol–water partition coefficient (Wildman–Crippen LogP) is 3.75. The highest BCUT2D eigenvalue weighted by atomic mass is 16.4. The molecule has 0 saturated heterocycles. The van der Waals surface area contributed by atoms with E-state index in [2.05, 4.69) is 24.3 Å². The summed E-state index contributed by atoms with van der Waals surface area (Å²) in [4.78, 5) is 11.7. The molecule has 0 amide bonds. The molecule has 2 heteroatoms. The SMILES string of the molecule is O=C(O)C1(CC2Cc3ccccc32)CCCCC1. The van der Waals surface area contributed by atoms with Crippen LogP contribution in [-0.4, -0.2) is 11.1 Å². The molecule has 0 radical (unpaired) electrons. The predicted molar refractivity (Wildman–Crippen MR) is 70.7 cm³/mol. The molecular weight excluding hydrogens is 224 g/mol. The van der Waals surface area contributed by atoms with Gasteiger partial charge in [0, 0.05) is 0 Å². The van der Waals surface area contributed by atoms with Crippen LogP contribution in [0.3, 0.4) is 0 Å². The van der Waals surface area contributed by atoms with Gasteiger partial charge in [0.1, 0.15) is 0 Å². The molecule has 1 aromatic carbocycles. The van der Waals surface area contributed by atoms with Crippen molar-refractivity contribution in [2.24, 2.45) is 5.41 Å². The standard InChI is InChI=1S/C16H20O2/c17-15(18)16(8-4-1-5-9-16)11-13-10-12-6-2-3-7-14(12)13/h2-3,6-7,13H,1,4-5,8-11H2,(H,17,18). The van der Waals surface area contributed by atoms with Crippen molar-refractivity contribution < 1.29 is 9.90 Å². The maximum atomic E-state index is 11.7. The zero-order chi connectivity index (χ0) is 12.6. The van der Waals surface area contributed by atoms with Crippen molar-refractivity contribution in [3.8, 4) is 0 Å². The van der Waals surface area contributed by atoms with Gasteiger partial charge in [-0.05, 0) is 42.7 Å². The van der Waals surface area contributed by atoms with E-state index in [1.807, 2.05) is 0 Å². The molecule has 1 saturated carbocycles. The van der Waals surface area contributed by atoms with E-state index in [0.717, 1.165) is 38.5 Å². The number of aliphatic carboxylic acids is 1. The first-order chi connectivity index (χ1) is 8.71. The fourth-order valence-corrected chi connectivity index (χ4v) is 3.75. The molecule has 1 aromatic rings. The Balaban J connectivity index is 1.77. The van der Waals surface area contributed by atoms with Crippen LogP contribution in [0.25, 0.3) is 0 Å². The summed E-state index contributed by atoms with van der Waals surface area (Å²) >= 11 is 0. The van der Waals surface area contributed by atoms with Gasteiger partial charge in [0.2, 0.25) is 0 Å². The highest BCUT2D eigenvalue weighted by Crippen LogP contribution is 2.48. The van der Waals surface area contributed by atoms with Crippen LogP contribution in [0.15, 0.2) is 24.3 Å². The molecule has 2 aliphatic rings. The molecule has 0 aromatic heterocycles. The van der Waals surface area contributed by atoms with Gasteiger partial charge >= 0.3 is 5.97 Å². The fraction of sp³-hybridized carbons (Fsp3) is 0.562. The molecule has 96 valence electrons. The highest BCUT2D eigenvalue weighted by Gasteiger charge is 2.43. The first-order valence-electron chi connectivity index (χ1n) is 7.02. The van der Waals surface area contributed by atoms with Gasteiger partial charge in [0.15, 0.2) is 0 Å². The quantitative estimate of drug-likeness (QED) is 0.879. The van der Waals surface area contributed by atoms with Gasteiger partial charge in [-0.3, -0.25) is 4.79 Å². The minimum absolute atomic E-state index is 0.434. The Morgan fingerprint density at radius 3 is 2.61 bits per heavy atom. The highest BCUT2D eigenvalue weighted by molar-refractivity contribution is 5.75. The lowest BCUT2D eigenvalue weighted by molar-refractivity contribution is -0.152. The number of fused-ring (bicyclic) bond motifs is 1. The Morgan fingerprint density at radius 1 is 1.22 bits per heavy atom.